The second-order valence-corrected chi connectivity index (χ2v) is 5.03. The van der Waals surface area contributed by atoms with Gasteiger partial charge in [-0.15, -0.1) is 0 Å². The third-order valence-electron chi connectivity index (χ3n) is 4.15. The molecular weight excluding hydrogens is 174 g/mol. The molecule has 1 saturated carbocycles. The van der Waals surface area contributed by atoms with E-state index in [0.717, 1.165) is 18.3 Å². The molecule has 0 amide bonds. The molecule has 2 atom stereocenters. The van der Waals surface area contributed by atoms with E-state index in [-0.39, 0.29) is 0 Å². The van der Waals surface area contributed by atoms with E-state index in [0.29, 0.717) is 12.0 Å². The molecule has 0 saturated heterocycles. The maximum Gasteiger partial charge on any atom is 0.0295 e. The van der Waals surface area contributed by atoms with E-state index in [1.807, 2.05) is 0 Å². The van der Waals surface area contributed by atoms with Crippen molar-refractivity contribution in [3.8, 4) is 0 Å². The molecule has 0 N–H and O–H groups in total. The molecule has 3 heteroatoms. The van der Waals surface area contributed by atoms with Crippen LogP contribution < -0.4 is 0 Å². The summed E-state index contributed by atoms with van der Waals surface area (Å²) < 4.78 is 0. The summed E-state index contributed by atoms with van der Waals surface area (Å²) in [6.07, 6.45) is 5.92. The number of azide groups is 1. The zero-order valence-corrected chi connectivity index (χ0v) is 8.90. The minimum atomic E-state index is 0.500. The van der Waals surface area contributed by atoms with Crippen LogP contribution in [0.25, 0.3) is 10.4 Å². The van der Waals surface area contributed by atoms with E-state index < -0.39 is 0 Å². The molecule has 0 radical (unpaired) electrons. The van der Waals surface area contributed by atoms with Crippen LogP contribution in [0.1, 0.15) is 33.1 Å². The molecule has 2 unspecified atom stereocenters. The molecule has 3 aliphatic rings. The van der Waals surface area contributed by atoms with Crippen molar-refractivity contribution in [2.45, 2.75) is 33.1 Å². The average molecular weight is 191 g/mol. The molecule has 3 rings (SSSR count). The highest BCUT2D eigenvalue weighted by molar-refractivity contribution is 5.23. The molecule has 3 nitrogen and oxygen atoms in total. The summed E-state index contributed by atoms with van der Waals surface area (Å²) in [6.45, 7) is 5.36. The Hall–Kier alpha value is -0.950. The molecule has 0 aliphatic heterocycles. The summed E-state index contributed by atoms with van der Waals surface area (Å²) in [5.74, 6) is 1.66. The Bertz CT molecular complexity index is 310. The Morgan fingerprint density at radius 3 is 3.00 bits per heavy atom. The molecule has 0 aromatic heterocycles. The first-order valence-electron chi connectivity index (χ1n) is 5.36. The van der Waals surface area contributed by atoms with Crippen LogP contribution in [-0.4, -0.2) is 6.54 Å². The predicted octanol–water partition coefficient (Wildman–Crippen LogP) is 3.68. The van der Waals surface area contributed by atoms with E-state index in [9.17, 15) is 0 Å². The van der Waals surface area contributed by atoms with E-state index in [4.69, 9.17) is 5.53 Å². The zero-order chi connectivity index (χ0) is 10.2. The minimum Gasteiger partial charge on any atom is -0.0936 e. The highest BCUT2D eigenvalue weighted by Crippen LogP contribution is 2.59. The summed E-state index contributed by atoms with van der Waals surface area (Å²) in [5.41, 5.74) is 10.2. The topological polar surface area (TPSA) is 48.8 Å². The lowest BCUT2D eigenvalue weighted by molar-refractivity contribution is -0.00797. The van der Waals surface area contributed by atoms with Crippen LogP contribution in [0.5, 0.6) is 0 Å². The summed E-state index contributed by atoms with van der Waals surface area (Å²) in [5, 5.41) is 3.61. The maximum atomic E-state index is 8.21. The Morgan fingerprint density at radius 1 is 1.64 bits per heavy atom. The van der Waals surface area contributed by atoms with Crippen LogP contribution in [0.2, 0.25) is 0 Å². The van der Waals surface area contributed by atoms with Gasteiger partial charge in [-0.2, -0.15) is 0 Å². The molecule has 0 aromatic rings. The minimum absolute atomic E-state index is 0.500. The number of allylic oxidation sites excluding steroid dienone is 1. The first-order valence-corrected chi connectivity index (χ1v) is 5.36. The van der Waals surface area contributed by atoms with Crippen LogP contribution in [0, 0.1) is 17.3 Å². The number of rotatable bonds is 3. The van der Waals surface area contributed by atoms with Gasteiger partial charge in [0.05, 0.1) is 0 Å². The van der Waals surface area contributed by atoms with Crippen LogP contribution >= 0.6 is 0 Å². The van der Waals surface area contributed by atoms with Crippen LogP contribution in [0.3, 0.4) is 0 Å². The van der Waals surface area contributed by atoms with Crippen molar-refractivity contribution in [1.29, 1.82) is 0 Å². The Labute approximate surface area is 84.8 Å². The number of hydrogen-bond donors (Lipinski definition) is 0. The Morgan fingerprint density at radius 2 is 2.43 bits per heavy atom. The quantitative estimate of drug-likeness (QED) is 0.283. The van der Waals surface area contributed by atoms with Gasteiger partial charge in [-0.3, -0.25) is 0 Å². The Kier molecular flexibility index (Phi) is 2.28. The van der Waals surface area contributed by atoms with Gasteiger partial charge in [0.2, 0.25) is 0 Å². The molecule has 14 heavy (non-hydrogen) atoms. The summed E-state index contributed by atoms with van der Waals surface area (Å²) in [4.78, 5) is 2.79. The van der Waals surface area contributed by atoms with Gasteiger partial charge in [0.25, 0.3) is 0 Å². The van der Waals surface area contributed by atoms with Gasteiger partial charge < -0.3 is 0 Å². The number of hydrogen-bond acceptors (Lipinski definition) is 1. The highest BCUT2D eigenvalue weighted by Gasteiger charge is 2.50. The zero-order valence-electron chi connectivity index (χ0n) is 8.90. The lowest BCUT2D eigenvalue weighted by Crippen LogP contribution is -2.48. The van der Waals surface area contributed by atoms with Crippen molar-refractivity contribution in [3.05, 3.63) is 22.1 Å². The van der Waals surface area contributed by atoms with Crippen LogP contribution in [-0.2, 0) is 0 Å². The molecule has 76 valence electrons. The van der Waals surface area contributed by atoms with Gasteiger partial charge in [0, 0.05) is 11.5 Å². The number of fused-ring (bicyclic) bond motifs is 1. The lowest BCUT2D eigenvalue weighted by Gasteiger charge is -2.56. The van der Waals surface area contributed by atoms with Gasteiger partial charge in [0.15, 0.2) is 0 Å². The second-order valence-electron chi connectivity index (χ2n) is 5.03. The third-order valence-corrected chi connectivity index (χ3v) is 4.15. The van der Waals surface area contributed by atoms with E-state index in [1.165, 1.54) is 18.4 Å². The SMILES string of the molecule is CC1(C)C2CC=C(CCN=[N+]=[N-])C1C2. The van der Waals surface area contributed by atoms with E-state index >= 15 is 0 Å². The largest absolute Gasteiger partial charge is 0.0936 e. The van der Waals surface area contributed by atoms with Gasteiger partial charge >= 0.3 is 0 Å². The first kappa shape index (κ1) is 9.60. The van der Waals surface area contributed by atoms with Gasteiger partial charge in [-0.1, -0.05) is 30.6 Å². The van der Waals surface area contributed by atoms with Crippen LogP contribution in [0.15, 0.2) is 16.8 Å². The predicted molar refractivity (Wildman–Crippen MR) is 56.7 cm³/mol. The first-order chi connectivity index (χ1) is 6.66. The summed E-state index contributed by atoms with van der Waals surface area (Å²) >= 11 is 0. The fraction of sp³-hybridized carbons (Fsp3) is 0.818. The van der Waals surface area contributed by atoms with Gasteiger partial charge in [0.1, 0.15) is 0 Å². The van der Waals surface area contributed by atoms with Crippen LogP contribution in [0.4, 0.5) is 0 Å². The van der Waals surface area contributed by atoms with Crippen molar-refractivity contribution in [2.75, 3.05) is 6.54 Å². The van der Waals surface area contributed by atoms with E-state index in [2.05, 4.69) is 29.9 Å². The fourth-order valence-corrected chi connectivity index (χ4v) is 2.98. The second kappa shape index (κ2) is 3.32. The monoisotopic (exact) mass is 191 g/mol. The van der Waals surface area contributed by atoms with Gasteiger partial charge in [-0.25, -0.2) is 0 Å². The smallest absolute Gasteiger partial charge is 0.0295 e. The molecule has 0 aromatic carbocycles. The fourth-order valence-electron chi connectivity index (χ4n) is 2.98. The summed E-state index contributed by atoms with van der Waals surface area (Å²) in [7, 11) is 0. The average Bonchev–Trinajstić information content (AvgIpc) is 2.18. The molecule has 2 bridgehead atoms. The third kappa shape index (κ3) is 1.32. The molecule has 0 spiro atoms. The standard InChI is InChI=1S/C11H17N3/c1-11(2)9-4-3-8(10(11)7-9)5-6-13-14-12/h3,9-10H,4-7H2,1-2H3. The molecule has 3 aliphatic carbocycles. The molecule has 0 heterocycles. The van der Waals surface area contributed by atoms with Crippen molar-refractivity contribution in [1.82, 2.24) is 0 Å². The van der Waals surface area contributed by atoms with Crippen molar-refractivity contribution in [2.24, 2.45) is 22.4 Å². The van der Waals surface area contributed by atoms with Crippen molar-refractivity contribution < 1.29 is 0 Å². The maximum absolute atomic E-state index is 8.21. The van der Waals surface area contributed by atoms with Crippen molar-refractivity contribution in [3.63, 3.8) is 0 Å². The number of nitrogens with zero attached hydrogens (tertiary/aromatic N) is 3. The summed E-state index contributed by atoms with van der Waals surface area (Å²) in [6, 6.07) is 0. The lowest BCUT2D eigenvalue weighted by atomic mass is 9.48. The highest BCUT2D eigenvalue weighted by atomic mass is 15.1. The molecule has 1 fully saturated rings. The van der Waals surface area contributed by atoms with Crippen molar-refractivity contribution >= 4 is 0 Å². The van der Waals surface area contributed by atoms with E-state index in [1.54, 1.807) is 0 Å². The molecular formula is C11H17N3. The Balaban J connectivity index is 2.00. The van der Waals surface area contributed by atoms with Gasteiger partial charge in [-0.05, 0) is 42.0 Å². The normalized spacial score (nSPS) is 32.6.